The molecule has 0 unspecified atom stereocenters. The quantitative estimate of drug-likeness (QED) is 0.629. The van der Waals surface area contributed by atoms with Crippen LogP contribution in [0.4, 0.5) is 0 Å². The molecular weight excluding hydrogens is 192 g/mol. The van der Waals surface area contributed by atoms with Crippen molar-refractivity contribution in [3.63, 3.8) is 0 Å². The van der Waals surface area contributed by atoms with Gasteiger partial charge in [0.25, 0.3) is 0 Å². The lowest BCUT2D eigenvalue weighted by Gasteiger charge is -2.35. The number of ether oxygens (including phenoxy) is 1. The van der Waals surface area contributed by atoms with Gasteiger partial charge in [0.05, 0.1) is 4.88 Å². The van der Waals surface area contributed by atoms with Crippen LogP contribution in [0.25, 0.3) is 0 Å². The molecule has 0 N–H and O–H groups in total. The maximum absolute atomic E-state index is 5.79. The van der Waals surface area contributed by atoms with Crippen molar-refractivity contribution in [1.82, 2.24) is 0 Å². The van der Waals surface area contributed by atoms with Gasteiger partial charge >= 0.3 is 0 Å². The SMILES string of the molecule is Cc1c(C(C)(C)C)sc2c1OC2(C)C. The molecule has 0 bridgehead atoms. The van der Waals surface area contributed by atoms with Gasteiger partial charge in [0, 0.05) is 10.4 Å². The Bertz CT molecular complexity index is 380. The van der Waals surface area contributed by atoms with Crippen molar-refractivity contribution in [1.29, 1.82) is 0 Å². The van der Waals surface area contributed by atoms with Crippen LogP contribution in [0.15, 0.2) is 0 Å². The number of thiophene rings is 1. The normalized spacial score (nSPS) is 18.4. The second-order valence-corrected chi connectivity index (χ2v) is 6.60. The topological polar surface area (TPSA) is 9.23 Å². The van der Waals surface area contributed by atoms with Gasteiger partial charge in [-0.3, -0.25) is 0 Å². The van der Waals surface area contributed by atoms with Crippen LogP contribution in [0.5, 0.6) is 5.75 Å². The van der Waals surface area contributed by atoms with Gasteiger partial charge in [-0.15, -0.1) is 11.3 Å². The van der Waals surface area contributed by atoms with Crippen LogP contribution < -0.4 is 4.74 Å². The highest BCUT2D eigenvalue weighted by Gasteiger charge is 2.42. The van der Waals surface area contributed by atoms with Crippen LogP contribution >= 0.6 is 11.3 Å². The highest BCUT2D eigenvalue weighted by molar-refractivity contribution is 7.13. The summed E-state index contributed by atoms with van der Waals surface area (Å²) in [5, 5.41) is 0. The smallest absolute Gasteiger partial charge is 0.141 e. The minimum atomic E-state index is -0.0474. The van der Waals surface area contributed by atoms with E-state index in [9.17, 15) is 0 Å². The molecule has 0 saturated carbocycles. The first-order valence-corrected chi connectivity index (χ1v) is 5.88. The monoisotopic (exact) mass is 210 g/mol. The third kappa shape index (κ3) is 1.20. The molecule has 1 aliphatic rings. The molecule has 0 aliphatic carbocycles. The molecule has 0 saturated heterocycles. The minimum absolute atomic E-state index is 0.0474. The molecule has 1 aliphatic heterocycles. The Hall–Kier alpha value is -0.500. The molecule has 0 aromatic carbocycles. The van der Waals surface area contributed by atoms with Crippen LogP contribution in [0.1, 0.15) is 49.9 Å². The predicted molar refractivity (Wildman–Crippen MR) is 61.4 cm³/mol. The van der Waals surface area contributed by atoms with Crippen molar-refractivity contribution < 1.29 is 4.74 Å². The van der Waals surface area contributed by atoms with Gasteiger partial charge in [-0.05, 0) is 26.2 Å². The summed E-state index contributed by atoms with van der Waals surface area (Å²) < 4.78 is 5.79. The highest BCUT2D eigenvalue weighted by atomic mass is 32.1. The van der Waals surface area contributed by atoms with E-state index in [2.05, 4.69) is 41.5 Å². The third-order valence-electron chi connectivity index (χ3n) is 2.68. The van der Waals surface area contributed by atoms with E-state index >= 15 is 0 Å². The van der Waals surface area contributed by atoms with Crippen molar-refractivity contribution in [3.05, 3.63) is 15.3 Å². The van der Waals surface area contributed by atoms with Crippen LogP contribution in [-0.4, -0.2) is 0 Å². The lowest BCUT2D eigenvalue weighted by Crippen LogP contribution is -2.33. The van der Waals surface area contributed by atoms with E-state index in [1.165, 1.54) is 15.3 Å². The maximum atomic E-state index is 5.79. The molecule has 0 atom stereocenters. The van der Waals surface area contributed by atoms with E-state index < -0.39 is 0 Å². The van der Waals surface area contributed by atoms with Crippen LogP contribution in [0.3, 0.4) is 0 Å². The molecule has 0 fully saturated rings. The van der Waals surface area contributed by atoms with Crippen LogP contribution in [-0.2, 0) is 11.0 Å². The van der Waals surface area contributed by atoms with E-state index in [4.69, 9.17) is 4.74 Å². The van der Waals surface area contributed by atoms with E-state index in [1.807, 2.05) is 11.3 Å². The van der Waals surface area contributed by atoms with Crippen molar-refractivity contribution in [2.75, 3.05) is 0 Å². The number of rotatable bonds is 0. The van der Waals surface area contributed by atoms with E-state index in [0.29, 0.717) is 0 Å². The molecule has 1 aromatic heterocycles. The van der Waals surface area contributed by atoms with Gasteiger partial charge in [0.15, 0.2) is 0 Å². The molecule has 14 heavy (non-hydrogen) atoms. The number of fused-ring (bicyclic) bond motifs is 1. The van der Waals surface area contributed by atoms with Crippen LogP contribution in [0, 0.1) is 6.92 Å². The van der Waals surface area contributed by atoms with Gasteiger partial charge < -0.3 is 4.74 Å². The Balaban J connectivity index is 2.53. The number of hydrogen-bond donors (Lipinski definition) is 0. The molecule has 2 heterocycles. The predicted octanol–water partition coefficient (Wildman–Crippen LogP) is 3.98. The summed E-state index contributed by atoms with van der Waals surface area (Å²) >= 11 is 1.92. The molecule has 0 radical (unpaired) electrons. The van der Waals surface area contributed by atoms with E-state index in [0.717, 1.165) is 5.75 Å². The molecule has 78 valence electrons. The number of hydrogen-bond acceptors (Lipinski definition) is 2. The Kier molecular flexibility index (Phi) is 1.82. The lowest BCUT2D eigenvalue weighted by molar-refractivity contribution is 0.0575. The standard InChI is InChI=1S/C12H18OS/c1-7-8-10(12(5,6)13-8)14-9(7)11(2,3)4/h1-6H3. The van der Waals surface area contributed by atoms with Crippen LogP contribution in [0.2, 0.25) is 0 Å². The molecule has 1 aromatic rings. The third-order valence-corrected chi connectivity index (χ3v) is 4.68. The summed E-state index contributed by atoms with van der Waals surface area (Å²) in [4.78, 5) is 2.88. The molecule has 2 rings (SSSR count). The summed E-state index contributed by atoms with van der Waals surface area (Å²) in [6.07, 6.45) is 0. The molecule has 1 nitrogen and oxygen atoms in total. The Morgan fingerprint density at radius 1 is 1.21 bits per heavy atom. The van der Waals surface area contributed by atoms with Gasteiger partial charge in [0.1, 0.15) is 11.4 Å². The molecular formula is C12H18OS. The Morgan fingerprint density at radius 3 is 2.14 bits per heavy atom. The van der Waals surface area contributed by atoms with E-state index in [1.54, 1.807) is 0 Å². The lowest BCUT2D eigenvalue weighted by atomic mass is 9.90. The van der Waals surface area contributed by atoms with Crippen molar-refractivity contribution in [2.45, 2.75) is 52.6 Å². The average Bonchev–Trinajstić information content (AvgIpc) is 2.24. The Morgan fingerprint density at radius 2 is 1.79 bits per heavy atom. The second kappa shape index (κ2) is 2.54. The fourth-order valence-electron chi connectivity index (χ4n) is 1.99. The van der Waals surface area contributed by atoms with Gasteiger partial charge in [-0.1, -0.05) is 20.8 Å². The summed E-state index contributed by atoms with van der Waals surface area (Å²) in [6.45, 7) is 13.2. The summed E-state index contributed by atoms with van der Waals surface area (Å²) in [6, 6.07) is 0. The largest absolute Gasteiger partial charge is 0.481 e. The van der Waals surface area contributed by atoms with Gasteiger partial charge in [0.2, 0.25) is 0 Å². The minimum Gasteiger partial charge on any atom is -0.481 e. The fraction of sp³-hybridized carbons (Fsp3) is 0.667. The molecule has 2 heteroatoms. The average molecular weight is 210 g/mol. The first-order valence-electron chi connectivity index (χ1n) is 5.07. The molecule has 0 amide bonds. The summed E-state index contributed by atoms with van der Waals surface area (Å²) in [7, 11) is 0. The zero-order valence-corrected chi connectivity index (χ0v) is 10.6. The van der Waals surface area contributed by atoms with Crippen molar-refractivity contribution in [2.24, 2.45) is 0 Å². The highest BCUT2D eigenvalue weighted by Crippen LogP contribution is 2.54. The van der Waals surface area contributed by atoms with Gasteiger partial charge in [-0.2, -0.15) is 0 Å². The molecule has 0 spiro atoms. The van der Waals surface area contributed by atoms with Crippen molar-refractivity contribution in [3.8, 4) is 5.75 Å². The maximum Gasteiger partial charge on any atom is 0.141 e. The first-order chi connectivity index (χ1) is 6.23. The Labute approximate surface area is 90.1 Å². The summed E-state index contributed by atoms with van der Waals surface area (Å²) in [5.74, 6) is 1.14. The zero-order valence-electron chi connectivity index (χ0n) is 9.82. The summed E-state index contributed by atoms with van der Waals surface area (Å²) in [5.41, 5.74) is 1.54. The zero-order chi connectivity index (χ0) is 10.7. The van der Waals surface area contributed by atoms with Crippen molar-refractivity contribution >= 4 is 11.3 Å². The fourth-order valence-corrected chi connectivity index (χ4v) is 3.32. The van der Waals surface area contributed by atoms with E-state index in [-0.39, 0.29) is 11.0 Å². The van der Waals surface area contributed by atoms with Gasteiger partial charge in [-0.25, -0.2) is 0 Å². The first kappa shape index (κ1) is 10.0. The second-order valence-electron chi connectivity index (χ2n) is 5.58.